The lowest BCUT2D eigenvalue weighted by Gasteiger charge is -2.16. The Kier molecular flexibility index (Phi) is 5.07. The Labute approximate surface area is 127 Å². The first-order valence-corrected chi connectivity index (χ1v) is 7.23. The molecule has 1 unspecified atom stereocenters. The average Bonchev–Trinajstić information content (AvgIpc) is 2.45. The molecular weight excluding hydrogens is 316 g/mol. The van der Waals surface area contributed by atoms with Gasteiger partial charge in [-0.2, -0.15) is 5.26 Å². The second-order valence-electron chi connectivity index (χ2n) is 4.86. The maximum absolute atomic E-state index is 9.41. The van der Waals surface area contributed by atoms with Gasteiger partial charge in [0.15, 0.2) is 0 Å². The molecule has 1 N–H and O–H groups in total. The number of hydrogen-bond acceptors (Lipinski definition) is 4. The lowest BCUT2D eigenvalue weighted by atomic mass is 10.0. The van der Waals surface area contributed by atoms with E-state index in [-0.39, 0.29) is 6.04 Å². The van der Waals surface area contributed by atoms with Crippen LogP contribution in [-0.4, -0.2) is 37.1 Å². The van der Waals surface area contributed by atoms with Crippen LogP contribution in [0.4, 0.5) is 0 Å². The third-order valence-electron chi connectivity index (χ3n) is 3.10. The fraction of sp³-hybridized carbons (Fsp3) is 0.333. The van der Waals surface area contributed by atoms with Crippen LogP contribution in [0.3, 0.4) is 0 Å². The highest BCUT2D eigenvalue weighted by Crippen LogP contribution is 2.28. The summed E-state index contributed by atoms with van der Waals surface area (Å²) in [5.74, 6) is 0. The summed E-state index contributed by atoms with van der Waals surface area (Å²) >= 11 is 3.52. The van der Waals surface area contributed by atoms with Gasteiger partial charge in [-0.25, -0.2) is 0 Å². The van der Waals surface area contributed by atoms with Crippen LogP contribution in [0.25, 0.3) is 10.9 Å². The van der Waals surface area contributed by atoms with E-state index in [1.807, 2.05) is 38.4 Å². The number of likely N-dealkylation sites (N-methyl/N-ethyl adjacent to an activating group) is 1. The number of rotatable bonds is 5. The Balaban J connectivity index is 2.31. The van der Waals surface area contributed by atoms with Gasteiger partial charge >= 0.3 is 0 Å². The summed E-state index contributed by atoms with van der Waals surface area (Å²) in [6.45, 7) is 1.65. The number of benzene rings is 1. The van der Waals surface area contributed by atoms with E-state index in [0.29, 0.717) is 0 Å². The summed E-state index contributed by atoms with van der Waals surface area (Å²) in [4.78, 5) is 6.51. The van der Waals surface area contributed by atoms with Gasteiger partial charge in [0.05, 0.1) is 11.6 Å². The Bertz CT molecular complexity index is 633. The lowest BCUT2D eigenvalue weighted by molar-refractivity contribution is 0.395. The van der Waals surface area contributed by atoms with Crippen molar-refractivity contribution in [1.82, 2.24) is 15.2 Å². The monoisotopic (exact) mass is 332 g/mol. The number of pyridine rings is 1. The fourth-order valence-corrected chi connectivity index (χ4v) is 2.50. The zero-order chi connectivity index (χ0) is 14.5. The van der Waals surface area contributed by atoms with E-state index in [9.17, 15) is 5.26 Å². The summed E-state index contributed by atoms with van der Waals surface area (Å²) in [5.41, 5.74) is 1.79. The van der Waals surface area contributed by atoms with Crippen molar-refractivity contribution in [3.8, 4) is 6.07 Å². The summed E-state index contributed by atoms with van der Waals surface area (Å²) in [5, 5.41) is 13.7. The number of nitrogens with zero attached hydrogens (tertiary/aromatic N) is 3. The minimum Gasteiger partial charge on any atom is -0.308 e. The molecule has 0 radical (unpaired) electrons. The number of halogens is 1. The van der Waals surface area contributed by atoms with Gasteiger partial charge in [0.1, 0.15) is 6.04 Å². The second kappa shape index (κ2) is 6.80. The first-order valence-electron chi connectivity index (χ1n) is 6.44. The van der Waals surface area contributed by atoms with E-state index >= 15 is 0 Å². The zero-order valence-corrected chi connectivity index (χ0v) is 13.2. The maximum atomic E-state index is 9.41. The fourth-order valence-electron chi connectivity index (χ4n) is 2.05. The molecule has 0 saturated carbocycles. The summed E-state index contributed by atoms with van der Waals surface area (Å²) in [7, 11) is 4.03. The summed E-state index contributed by atoms with van der Waals surface area (Å²) < 4.78 is 0.995. The third kappa shape index (κ3) is 3.34. The molecule has 0 spiro atoms. The number of nitriles is 1. The summed E-state index contributed by atoms with van der Waals surface area (Å²) in [6.07, 6.45) is 1.76. The van der Waals surface area contributed by atoms with Crippen LogP contribution in [0, 0.1) is 11.3 Å². The van der Waals surface area contributed by atoms with Gasteiger partial charge in [-0.15, -0.1) is 0 Å². The largest absolute Gasteiger partial charge is 0.308 e. The number of hydrogen-bond donors (Lipinski definition) is 1. The van der Waals surface area contributed by atoms with Gasteiger partial charge in [-0.05, 0) is 26.2 Å². The van der Waals surface area contributed by atoms with E-state index < -0.39 is 0 Å². The normalized spacial score (nSPS) is 12.6. The van der Waals surface area contributed by atoms with Crippen LogP contribution in [0.1, 0.15) is 11.6 Å². The van der Waals surface area contributed by atoms with Gasteiger partial charge in [0.2, 0.25) is 0 Å². The van der Waals surface area contributed by atoms with E-state index in [4.69, 9.17) is 0 Å². The van der Waals surface area contributed by atoms with E-state index in [2.05, 4.69) is 37.2 Å². The second-order valence-corrected chi connectivity index (χ2v) is 5.71. The van der Waals surface area contributed by atoms with E-state index in [1.165, 1.54) is 0 Å². The van der Waals surface area contributed by atoms with Crippen LogP contribution in [0.5, 0.6) is 0 Å². The molecule has 5 heteroatoms. The number of aromatic nitrogens is 1. The van der Waals surface area contributed by atoms with Crippen molar-refractivity contribution in [2.45, 2.75) is 6.04 Å². The zero-order valence-electron chi connectivity index (χ0n) is 11.6. The first kappa shape index (κ1) is 14.9. The molecule has 0 aliphatic rings. The van der Waals surface area contributed by atoms with Gasteiger partial charge in [-0.1, -0.05) is 28.1 Å². The van der Waals surface area contributed by atoms with E-state index in [1.54, 1.807) is 6.20 Å². The van der Waals surface area contributed by atoms with Gasteiger partial charge < -0.3 is 4.90 Å². The van der Waals surface area contributed by atoms with Crippen molar-refractivity contribution in [1.29, 1.82) is 5.26 Å². The standard InChI is InChI=1S/C15H17BrN4/c1-20(2)9-8-18-14(10-17)12-5-6-13(16)11-4-3-7-19-15(11)12/h3-7,14,18H,8-9H2,1-2H3. The van der Waals surface area contributed by atoms with Crippen LogP contribution < -0.4 is 5.32 Å². The SMILES string of the molecule is CN(C)CCNC(C#N)c1ccc(Br)c2cccnc12. The smallest absolute Gasteiger partial charge is 0.123 e. The highest BCUT2D eigenvalue weighted by atomic mass is 79.9. The van der Waals surface area contributed by atoms with Crippen molar-refractivity contribution in [2.24, 2.45) is 0 Å². The molecule has 104 valence electrons. The molecule has 1 aromatic carbocycles. The van der Waals surface area contributed by atoms with Gasteiger partial charge in [-0.3, -0.25) is 10.3 Å². The topological polar surface area (TPSA) is 52.0 Å². The Morgan fingerprint density at radius 1 is 1.40 bits per heavy atom. The van der Waals surface area contributed by atoms with Crippen molar-refractivity contribution in [2.75, 3.05) is 27.2 Å². The highest BCUT2D eigenvalue weighted by Gasteiger charge is 2.15. The van der Waals surface area contributed by atoms with Crippen LogP contribution in [-0.2, 0) is 0 Å². The van der Waals surface area contributed by atoms with Crippen LogP contribution >= 0.6 is 15.9 Å². The predicted molar refractivity (Wildman–Crippen MR) is 84.4 cm³/mol. The Morgan fingerprint density at radius 2 is 2.20 bits per heavy atom. The van der Waals surface area contributed by atoms with Crippen LogP contribution in [0.2, 0.25) is 0 Å². The maximum Gasteiger partial charge on any atom is 0.123 e. The predicted octanol–water partition coefficient (Wildman–Crippen LogP) is 2.71. The Hall–Kier alpha value is -1.48. The quantitative estimate of drug-likeness (QED) is 0.914. The lowest BCUT2D eigenvalue weighted by Crippen LogP contribution is -2.29. The average molecular weight is 333 g/mol. The molecule has 0 amide bonds. The molecule has 4 nitrogen and oxygen atoms in total. The Morgan fingerprint density at radius 3 is 2.90 bits per heavy atom. The van der Waals surface area contributed by atoms with Crippen molar-refractivity contribution in [3.05, 3.63) is 40.5 Å². The molecule has 0 bridgehead atoms. The molecule has 0 aliphatic heterocycles. The highest BCUT2D eigenvalue weighted by molar-refractivity contribution is 9.10. The molecular formula is C15H17BrN4. The van der Waals surface area contributed by atoms with Crippen molar-refractivity contribution < 1.29 is 0 Å². The van der Waals surface area contributed by atoms with Crippen molar-refractivity contribution in [3.63, 3.8) is 0 Å². The molecule has 0 fully saturated rings. The number of fused-ring (bicyclic) bond motifs is 1. The molecule has 1 heterocycles. The molecule has 20 heavy (non-hydrogen) atoms. The molecule has 1 atom stereocenters. The molecule has 0 aliphatic carbocycles. The minimum absolute atomic E-state index is 0.347. The molecule has 1 aromatic heterocycles. The van der Waals surface area contributed by atoms with E-state index in [0.717, 1.165) is 34.0 Å². The van der Waals surface area contributed by atoms with Gasteiger partial charge in [0, 0.05) is 34.7 Å². The van der Waals surface area contributed by atoms with Crippen molar-refractivity contribution >= 4 is 26.8 Å². The third-order valence-corrected chi connectivity index (χ3v) is 3.79. The molecule has 0 saturated heterocycles. The van der Waals surface area contributed by atoms with Crippen LogP contribution in [0.15, 0.2) is 34.9 Å². The van der Waals surface area contributed by atoms with Gasteiger partial charge in [0.25, 0.3) is 0 Å². The number of nitrogens with one attached hydrogen (secondary N) is 1. The minimum atomic E-state index is -0.347. The summed E-state index contributed by atoms with van der Waals surface area (Å²) in [6, 6.07) is 9.80. The molecule has 2 rings (SSSR count). The molecule has 2 aromatic rings. The first-order chi connectivity index (χ1) is 9.63.